The molecule has 124 valence electrons. The summed E-state index contributed by atoms with van der Waals surface area (Å²) in [6.45, 7) is 2.87. The molecule has 22 heavy (non-hydrogen) atoms. The van der Waals surface area contributed by atoms with E-state index in [4.69, 9.17) is 0 Å². The minimum atomic E-state index is -4.77. The highest BCUT2D eigenvalue weighted by atomic mass is 35.5. The van der Waals surface area contributed by atoms with Crippen molar-refractivity contribution in [2.45, 2.75) is 38.2 Å². The molecule has 2 rings (SSSR count). The molecular formula is C14H18ClF3N2O2. The third kappa shape index (κ3) is 5.38. The highest BCUT2D eigenvalue weighted by molar-refractivity contribution is 5.94. The first kappa shape index (κ1) is 18.6. The monoisotopic (exact) mass is 338 g/mol. The van der Waals surface area contributed by atoms with E-state index >= 15 is 0 Å². The minimum absolute atomic E-state index is 0. The predicted molar refractivity (Wildman–Crippen MR) is 78.3 cm³/mol. The Hall–Kier alpha value is -1.47. The summed E-state index contributed by atoms with van der Waals surface area (Å²) in [5.41, 5.74) is 0.148. The third-order valence-electron chi connectivity index (χ3n) is 3.41. The number of hydrogen-bond donors (Lipinski definition) is 2. The minimum Gasteiger partial charge on any atom is -0.406 e. The highest BCUT2D eigenvalue weighted by Gasteiger charge is 2.31. The van der Waals surface area contributed by atoms with Crippen LogP contribution >= 0.6 is 12.4 Å². The molecule has 2 atom stereocenters. The number of carbonyl (C=O) groups excluding carboxylic acids is 1. The van der Waals surface area contributed by atoms with Crippen LogP contribution in [0, 0.1) is 0 Å². The zero-order chi connectivity index (χ0) is 15.5. The quantitative estimate of drug-likeness (QED) is 0.891. The summed E-state index contributed by atoms with van der Waals surface area (Å²) in [4.78, 5) is 12.1. The molecule has 1 aromatic carbocycles. The van der Waals surface area contributed by atoms with E-state index in [1.54, 1.807) is 0 Å². The van der Waals surface area contributed by atoms with E-state index < -0.39 is 18.0 Å². The number of carbonyl (C=O) groups is 1. The molecule has 1 aromatic rings. The van der Waals surface area contributed by atoms with Crippen molar-refractivity contribution in [1.82, 2.24) is 10.6 Å². The number of nitrogens with one attached hydrogen (secondary N) is 2. The van der Waals surface area contributed by atoms with Gasteiger partial charge >= 0.3 is 6.36 Å². The molecule has 1 saturated heterocycles. The average Bonchev–Trinajstić information content (AvgIpc) is 2.39. The molecule has 8 heteroatoms. The summed E-state index contributed by atoms with van der Waals surface area (Å²) in [5.74, 6) is -0.798. The maximum atomic E-state index is 12.2. The Morgan fingerprint density at radius 3 is 2.77 bits per heavy atom. The van der Waals surface area contributed by atoms with Crippen LogP contribution in [0.15, 0.2) is 24.3 Å². The van der Waals surface area contributed by atoms with Crippen LogP contribution in [0.4, 0.5) is 13.2 Å². The van der Waals surface area contributed by atoms with Gasteiger partial charge in [-0.05, 0) is 44.5 Å². The molecule has 0 radical (unpaired) electrons. The van der Waals surface area contributed by atoms with Crippen LogP contribution in [0.25, 0.3) is 0 Å². The second-order valence-electron chi connectivity index (χ2n) is 5.04. The van der Waals surface area contributed by atoms with E-state index in [0.29, 0.717) is 0 Å². The van der Waals surface area contributed by atoms with Crippen molar-refractivity contribution in [2.75, 3.05) is 6.54 Å². The van der Waals surface area contributed by atoms with Gasteiger partial charge in [-0.2, -0.15) is 0 Å². The summed E-state index contributed by atoms with van der Waals surface area (Å²) in [7, 11) is 0. The highest BCUT2D eigenvalue weighted by Crippen LogP contribution is 2.23. The van der Waals surface area contributed by atoms with Crippen molar-refractivity contribution in [3.8, 4) is 5.75 Å². The number of halogens is 4. The van der Waals surface area contributed by atoms with E-state index in [9.17, 15) is 18.0 Å². The van der Waals surface area contributed by atoms with Gasteiger partial charge in [0.1, 0.15) is 5.75 Å². The Morgan fingerprint density at radius 1 is 1.41 bits per heavy atom. The Kier molecular flexibility index (Phi) is 6.49. The van der Waals surface area contributed by atoms with Gasteiger partial charge in [-0.15, -0.1) is 25.6 Å². The van der Waals surface area contributed by atoms with Crippen molar-refractivity contribution >= 4 is 18.3 Å². The Bertz CT molecular complexity index is 511. The molecule has 1 aliphatic rings. The van der Waals surface area contributed by atoms with Crippen molar-refractivity contribution in [2.24, 2.45) is 0 Å². The molecule has 0 saturated carbocycles. The Morgan fingerprint density at radius 2 is 2.14 bits per heavy atom. The number of amides is 1. The normalized spacial score (nSPS) is 21.6. The lowest BCUT2D eigenvalue weighted by atomic mass is 9.99. The fourth-order valence-electron chi connectivity index (χ4n) is 2.33. The van der Waals surface area contributed by atoms with Gasteiger partial charge < -0.3 is 15.4 Å². The maximum absolute atomic E-state index is 12.2. The number of alkyl halides is 3. The van der Waals surface area contributed by atoms with Crippen molar-refractivity contribution in [3.63, 3.8) is 0 Å². The number of hydrogen-bond acceptors (Lipinski definition) is 3. The fourth-order valence-corrected chi connectivity index (χ4v) is 2.33. The van der Waals surface area contributed by atoms with Crippen LogP contribution in [0.3, 0.4) is 0 Å². The van der Waals surface area contributed by atoms with Crippen molar-refractivity contribution in [3.05, 3.63) is 29.8 Å². The van der Waals surface area contributed by atoms with Crippen molar-refractivity contribution in [1.29, 1.82) is 0 Å². The molecule has 0 spiro atoms. The molecule has 4 nitrogen and oxygen atoms in total. The molecule has 0 bridgehead atoms. The summed E-state index contributed by atoms with van der Waals surface area (Å²) in [6, 6.07) is 5.17. The van der Waals surface area contributed by atoms with Gasteiger partial charge in [0.2, 0.25) is 0 Å². The summed E-state index contributed by atoms with van der Waals surface area (Å²) < 4.78 is 40.3. The predicted octanol–water partition coefficient (Wildman–Crippen LogP) is 2.88. The number of piperidine rings is 1. The molecule has 1 heterocycles. The lowest BCUT2D eigenvalue weighted by molar-refractivity contribution is -0.274. The lowest BCUT2D eigenvalue weighted by Gasteiger charge is -2.30. The van der Waals surface area contributed by atoms with Gasteiger partial charge in [0.15, 0.2) is 0 Å². The van der Waals surface area contributed by atoms with E-state index in [-0.39, 0.29) is 30.1 Å². The molecule has 0 aromatic heterocycles. The second kappa shape index (κ2) is 7.69. The summed E-state index contributed by atoms with van der Waals surface area (Å²) in [5, 5.41) is 6.08. The first-order chi connectivity index (χ1) is 9.85. The molecule has 1 fully saturated rings. The zero-order valence-electron chi connectivity index (χ0n) is 11.9. The van der Waals surface area contributed by atoms with Gasteiger partial charge in [-0.1, -0.05) is 6.07 Å². The van der Waals surface area contributed by atoms with Gasteiger partial charge in [-0.25, -0.2) is 0 Å². The smallest absolute Gasteiger partial charge is 0.406 e. The molecular weight excluding hydrogens is 321 g/mol. The molecule has 0 aliphatic carbocycles. The first-order valence-corrected chi connectivity index (χ1v) is 6.75. The van der Waals surface area contributed by atoms with Gasteiger partial charge in [0, 0.05) is 17.6 Å². The number of ether oxygens (including phenoxy) is 1. The van der Waals surface area contributed by atoms with E-state index in [1.807, 2.05) is 6.92 Å². The van der Waals surface area contributed by atoms with Gasteiger partial charge in [-0.3, -0.25) is 4.79 Å². The first-order valence-electron chi connectivity index (χ1n) is 6.75. The fraction of sp³-hybridized carbons (Fsp3) is 0.500. The van der Waals surface area contributed by atoms with Crippen LogP contribution in [-0.4, -0.2) is 30.9 Å². The largest absolute Gasteiger partial charge is 0.573 e. The Balaban J connectivity index is 0.00000242. The van der Waals surface area contributed by atoms with E-state index in [0.717, 1.165) is 31.5 Å². The third-order valence-corrected chi connectivity index (χ3v) is 3.41. The van der Waals surface area contributed by atoms with Gasteiger partial charge in [0.05, 0.1) is 0 Å². The van der Waals surface area contributed by atoms with Crippen LogP contribution < -0.4 is 15.4 Å². The molecule has 1 amide bonds. The van der Waals surface area contributed by atoms with Crippen LogP contribution in [-0.2, 0) is 0 Å². The average molecular weight is 339 g/mol. The van der Waals surface area contributed by atoms with Crippen molar-refractivity contribution < 1.29 is 22.7 Å². The SMILES string of the molecule is CC1NCCCC1NC(=O)c1cccc(OC(F)(F)F)c1.Cl. The summed E-state index contributed by atoms with van der Waals surface area (Å²) in [6.07, 6.45) is -2.97. The topological polar surface area (TPSA) is 50.4 Å². The van der Waals surface area contributed by atoms with Gasteiger partial charge in [0.25, 0.3) is 5.91 Å². The number of benzene rings is 1. The second-order valence-corrected chi connectivity index (χ2v) is 5.04. The molecule has 2 N–H and O–H groups in total. The van der Waals surface area contributed by atoms with Crippen LogP contribution in [0.5, 0.6) is 5.75 Å². The number of rotatable bonds is 3. The summed E-state index contributed by atoms with van der Waals surface area (Å²) >= 11 is 0. The molecule has 2 unspecified atom stereocenters. The molecule has 1 aliphatic heterocycles. The standard InChI is InChI=1S/C14H17F3N2O2.ClH/c1-9-12(6-3-7-18-9)19-13(20)10-4-2-5-11(8-10)21-14(15,16)17;/h2,4-5,8-9,12,18H,3,6-7H2,1H3,(H,19,20);1H. The van der Waals surface area contributed by atoms with E-state index in [2.05, 4.69) is 15.4 Å². The van der Waals surface area contributed by atoms with Crippen LogP contribution in [0.1, 0.15) is 30.1 Å². The Labute approximate surface area is 132 Å². The lowest BCUT2D eigenvalue weighted by Crippen LogP contribution is -2.51. The van der Waals surface area contributed by atoms with Crippen LogP contribution in [0.2, 0.25) is 0 Å². The zero-order valence-corrected chi connectivity index (χ0v) is 12.8. The maximum Gasteiger partial charge on any atom is 0.573 e. The van der Waals surface area contributed by atoms with E-state index in [1.165, 1.54) is 12.1 Å².